The molecule has 1 atom stereocenters. The van der Waals surface area contributed by atoms with Crippen LogP contribution in [-0.2, 0) is 22.7 Å². The Morgan fingerprint density at radius 3 is 2.16 bits per heavy atom. The Morgan fingerprint density at radius 1 is 0.860 bits per heavy atom. The van der Waals surface area contributed by atoms with E-state index >= 15 is 0 Å². The number of rotatable bonds is 10. The maximum absolute atomic E-state index is 13.6. The van der Waals surface area contributed by atoms with Crippen molar-refractivity contribution in [1.29, 1.82) is 0 Å². The van der Waals surface area contributed by atoms with Crippen LogP contribution in [0, 0.1) is 6.92 Å². The first-order valence-electron chi connectivity index (χ1n) is 13.6. The standard InChI is InChI=1S/C34H32N2O7/c1-21-15-24(12-13-26(21)43-20-22-9-6-5-7-10-22)31(37)29-30(25-16-27(40-2)33(42-4)28(17-25)41-3)36(34(39)32(29)38)19-23-11-8-14-35-18-23/h5-18,30,37H,19-20H2,1-4H3/t30-/m1/s1. The van der Waals surface area contributed by atoms with Crippen LogP contribution in [0.25, 0.3) is 5.76 Å². The summed E-state index contributed by atoms with van der Waals surface area (Å²) >= 11 is 0. The molecule has 0 bridgehead atoms. The summed E-state index contributed by atoms with van der Waals surface area (Å²) < 4.78 is 22.6. The zero-order chi connectivity index (χ0) is 30.5. The van der Waals surface area contributed by atoms with Crippen molar-refractivity contribution in [2.45, 2.75) is 26.1 Å². The number of pyridine rings is 1. The van der Waals surface area contributed by atoms with Crippen LogP contribution in [0.4, 0.5) is 0 Å². The van der Waals surface area contributed by atoms with E-state index in [-0.39, 0.29) is 17.9 Å². The fraction of sp³-hybridized carbons (Fsp3) is 0.206. The first kappa shape index (κ1) is 29.2. The normalized spacial score (nSPS) is 15.8. The lowest BCUT2D eigenvalue weighted by Crippen LogP contribution is -2.29. The third-order valence-corrected chi connectivity index (χ3v) is 7.30. The van der Waals surface area contributed by atoms with Crippen LogP contribution >= 0.6 is 0 Å². The molecule has 0 aliphatic carbocycles. The van der Waals surface area contributed by atoms with E-state index in [9.17, 15) is 14.7 Å². The Bertz CT molecular complexity index is 1640. The number of carbonyl (C=O) groups excluding carboxylic acids is 2. The molecule has 0 unspecified atom stereocenters. The Hall–Kier alpha value is -5.31. The average molecular weight is 581 g/mol. The van der Waals surface area contributed by atoms with Gasteiger partial charge in [0.05, 0.1) is 32.9 Å². The van der Waals surface area contributed by atoms with Gasteiger partial charge in [-0.25, -0.2) is 0 Å². The molecule has 4 aromatic rings. The highest BCUT2D eigenvalue weighted by Crippen LogP contribution is 2.46. The van der Waals surface area contributed by atoms with Gasteiger partial charge in [0, 0.05) is 24.5 Å². The smallest absolute Gasteiger partial charge is 0.295 e. The van der Waals surface area contributed by atoms with E-state index in [1.165, 1.54) is 26.2 Å². The van der Waals surface area contributed by atoms with Crippen molar-refractivity contribution >= 4 is 17.4 Å². The molecular formula is C34H32N2O7. The lowest BCUT2D eigenvalue weighted by molar-refractivity contribution is -0.140. The summed E-state index contributed by atoms with van der Waals surface area (Å²) in [6.45, 7) is 2.32. The van der Waals surface area contributed by atoms with E-state index in [0.717, 1.165) is 16.7 Å². The zero-order valence-electron chi connectivity index (χ0n) is 24.4. The third-order valence-electron chi connectivity index (χ3n) is 7.30. The van der Waals surface area contributed by atoms with Crippen molar-refractivity contribution in [3.63, 3.8) is 0 Å². The number of carbonyl (C=O) groups is 2. The Labute approximate surface area is 249 Å². The van der Waals surface area contributed by atoms with Gasteiger partial charge < -0.3 is 29.0 Å². The van der Waals surface area contributed by atoms with Gasteiger partial charge in [-0.3, -0.25) is 14.6 Å². The minimum absolute atomic E-state index is 0.0551. The molecule has 43 heavy (non-hydrogen) atoms. The largest absolute Gasteiger partial charge is 0.507 e. The van der Waals surface area contributed by atoms with Crippen molar-refractivity contribution in [1.82, 2.24) is 9.88 Å². The number of aliphatic hydroxyl groups is 1. The summed E-state index contributed by atoms with van der Waals surface area (Å²) in [5, 5.41) is 11.6. The lowest BCUT2D eigenvalue weighted by atomic mass is 9.94. The van der Waals surface area contributed by atoms with Gasteiger partial charge in [0.25, 0.3) is 11.7 Å². The Balaban J connectivity index is 1.59. The number of Topliss-reactive ketones (excluding diaryl/α,β-unsaturated/α-hetero) is 1. The number of aromatic nitrogens is 1. The molecule has 220 valence electrons. The predicted octanol–water partition coefficient (Wildman–Crippen LogP) is 5.62. The van der Waals surface area contributed by atoms with E-state index < -0.39 is 17.7 Å². The molecule has 0 saturated carbocycles. The average Bonchev–Trinajstić information content (AvgIpc) is 3.28. The van der Waals surface area contributed by atoms with Crippen LogP contribution in [0.1, 0.15) is 33.9 Å². The number of nitrogens with zero attached hydrogens (tertiary/aromatic N) is 2. The Kier molecular flexibility index (Phi) is 8.61. The van der Waals surface area contributed by atoms with Crippen LogP contribution < -0.4 is 18.9 Å². The number of amides is 1. The van der Waals surface area contributed by atoms with E-state index in [4.69, 9.17) is 18.9 Å². The molecule has 9 nitrogen and oxygen atoms in total. The van der Waals surface area contributed by atoms with Gasteiger partial charge >= 0.3 is 0 Å². The van der Waals surface area contributed by atoms with Gasteiger partial charge in [-0.15, -0.1) is 0 Å². The lowest BCUT2D eigenvalue weighted by Gasteiger charge is -2.26. The van der Waals surface area contributed by atoms with Crippen LogP contribution in [0.3, 0.4) is 0 Å². The number of ketones is 1. The van der Waals surface area contributed by atoms with Gasteiger partial charge in [0.2, 0.25) is 5.75 Å². The molecule has 1 fully saturated rings. The second-order valence-electron chi connectivity index (χ2n) is 10.0. The minimum atomic E-state index is -0.955. The van der Waals surface area contributed by atoms with E-state index in [1.807, 2.05) is 43.3 Å². The summed E-state index contributed by atoms with van der Waals surface area (Å²) in [6.07, 6.45) is 3.26. The van der Waals surface area contributed by atoms with Gasteiger partial charge in [-0.2, -0.15) is 0 Å². The highest BCUT2D eigenvalue weighted by molar-refractivity contribution is 6.46. The van der Waals surface area contributed by atoms with Crippen molar-refractivity contribution in [3.05, 3.63) is 119 Å². The second kappa shape index (κ2) is 12.7. The van der Waals surface area contributed by atoms with E-state index in [2.05, 4.69) is 4.98 Å². The van der Waals surface area contributed by atoms with Gasteiger partial charge in [0.1, 0.15) is 18.1 Å². The number of methoxy groups -OCH3 is 3. The molecule has 1 aliphatic rings. The van der Waals surface area contributed by atoms with Crippen molar-refractivity contribution in [3.8, 4) is 23.0 Å². The molecule has 1 amide bonds. The van der Waals surface area contributed by atoms with E-state index in [0.29, 0.717) is 40.7 Å². The van der Waals surface area contributed by atoms with Crippen molar-refractivity contribution in [2.24, 2.45) is 0 Å². The Morgan fingerprint density at radius 2 is 1.56 bits per heavy atom. The first-order valence-corrected chi connectivity index (χ1v) is 13.6. The predicted molar refractivity (Wildman–Crippen MR) is 160 cm³/mol. The van der Waals surface area contributed by atoms with Crippen LogP contribution in [0.15, 0.2) is 90.8 Å². The van der Waals surface area contributed by atoms with Crippen LogP contribution in [0.5, 0.6) is 23.0 Å². The summed E-state index contributed by atoms with van der Waals surface area (Å²) in [4.78, 5) is 32.7. The first-order chi connectivity index (χ1) is 20.9. The number of likely N-dealkylation sites (tertiary alicyclic amines) is 1. The van der Waals surface area contributed by atoms with Gasteiger partial charge in [-0.05, 0) is 65.6 Å². The number of benzene rings is 3. The molecule has 2 heterocycles. The third kappa shape index (κ3) is 5.88. The van der Waals surface area contributed by atoms with Crippen molar-refractivity contribution in [2.75, 3.05) is 21.3 Å². The fourth-order valence-electron chi connectivity index (χ4n) is 5.19. The number of hydrogen-bond acceptors (Lipinski definition) is 8. The molecule has 1 aromatic heterocycles. The molecule has 0 spiro atoms. The second-order valence-corrected chi connectivity index (χ2v) is 10.0. The molecule has 3 aromatic carbocycles. The highest BCUT2D eigenvalue weighted by Gasteiger charge is 2.46. The SMILES string of the molecule is COc1cc([C@@H]2C(=C(O)c3ccc(OCc4ccccc4)c(C)c3)C(=O)C(=O)N2Cc2cccnc2)cc(OC)c1OC. The molecule has 1 saturated heterocycles. The minimum Gasteiger partial charge on any atom is -0.507 e. The van der Waals surface area contributed by atoms with Gasteiger partial charge in [-0.1, -0.05) is 36.4 Å². The molecule has 0 radical (unpaired) electrons. The molecule has 1 N–H and O–H groups in total. The quantitative estimate of drug-likeness (QED) is 0.146. The maximum Gasteiger partial charge on any atom is 0.295 e. The molecule has 5 rings (SSSR count). The topological polar surface area (TPSA) is 107 Å². The van der Waals surface area contributed by atoms with E-state index in [1.54, 1.807) is 48.8 Å². The number of hydrogen-bond donors (Lipinski definition) is 1. The summed E-state index contributed by atoms with van der Waals surface area (Å²) in [5.41, 5.74) is 3.32. The number of aliphatic hydroxyl groups excluding tert-OH is 1. The van der Waals surface area contributed by atoms with Crippen molar-refractivity contribution < 1.29 is 33.6 Å². The summed E-state index contributed by atoms with van der Waals surface area (Å²) in [7, 11) is 4.46. The number of aryl methyl sites for hydroxylation is 1. The highest BCUT2D eigenvalue weighted by atomic mass is 16.5. The molecular weight excluding hydrogens is 548 g/mol. The van der Waals surface area contributed by atoms with Gasteiger partial charge in [0.15, 0.2) is 11.5 Å². The maximum atomic E-state index is 13.6. The summed E-state index contributed by atoms with van der Waals surface area (Å²) in [5.74, 6) is -0.160. The zero-order valence-corrected chi connectivity index (χ0v) is 24.4. The summed E-state index contributed by atoms with van der Waals surface area (Å²) in [6, 6.07) is 20.9. The fourth-order valence-corrected chi connectivity index (χ4v) is 5.19. The molecule has 1 aliphatic heterocycles. The molecule has 9 heteroatoms. The van der Waals surface area contributed by atoms with Crippen LogP contribution in [0.2, 0.25) is 0 Å². The van der Waals surface area contributed by atoms with Crippen LogP contribution in [-0.4, -0.2) is 48.0 Å². The number of ether oxygens (including phenoxy) is 4. The monoisotopic (exact) mass is 580 g/mol.